The summed E-state index contributed by atoms with van der Waals surface area (Å²) in [7, 11) is 0. The van der Waals surface area contributed by atoms with E-state index in [1.165, 1.54) is 11.6 Å². The Bertz CT molecular complexity index is 513. The summed E-state index contributed by atoms with van der Waals surface area (Å²) in [6.45, 7) is 2.70. The minimum atomic E-state index is -0.372. The minimum Gasteiger partial charge on any atom is -0.306 e. The molecule has 2 aromatic rings. The van der Waals surface area contributed by atoms with Crippen molar-refractivity contribution < 1.29 is 4.39 Å². The van der Waals surface area contributed by atoms with Crippen LogP contribution in [-0.2, 0) is 6.54 Å². The zero-order chi connectivity index (χ0) is 13.0. The van der Waals surface area contributed by atoms with Crippen LogP contribution in [0.1, 0.15) is 24.1 Å². The Morgan fingerprint density at radius 2 is 1.89 bits per heavy atom. The molecule has 1 N–H and O–H groups in total. The predicted octanol–water partition coefficient (Wildman–Crippen LogP) is 4.33. The molecule has 0 spiro atoms. The van der Waals surface area contributed by atoms with E-state index < -0.39 is 0 Å². The molecule has 94 valence electrons. The van der Waals surface area contributed by atoms with Crippen molar-refractivity contribution in [1.29, 1.82) is 0 Å². The van der Waals surface area contributed by atoms with E-state index in [0.29, 0.717) is 6.54 Å². The Kier molecular flexibility index (Phi) is 4.34. The van der Waals surface area contributed by atoms with Crippen LogP contribution < -0.4 is 5.32 Å². The Morgan fingerprint density at radius 3 is 2.56 bits per heavy atom. The molecule has 0 amide bonds. The molecular formula is C15H15ClFN. The molecule has 0 saturated heterocycles. The summed E-state index contributed by atoms with van der Waals surface area (Å²) in [5.74, 6) is -0.372. The third kappa shape index (κ3) is 3.31. The van der Waals surface area contributed by atoms with Crippen LogP contribution in [0.15, 0.2) is 48.5 Å². The Morgan fingerprint density at radius 1 is 1.17 bits per heavy atom. The zero-order valence-corrected chi connectivity index (χ0v) is 10.9. The van der Waals surface area contributed by atoms with E-state index in [-0.39, 0.29) is 16.9 Å². The van der Waals surface area contributed by atoms with Gasteiger partial charge in [-0.3, -0.25) is 0 Å². The molecule has 0 fully saturated rings. The second-order valence-corrected chi connectivity index (χ2v) is 4.67. The van der Waals surface area contributed by atoms with E-state index in [2.05, 4.69) is 24.4 Å². The maximum absolute atomic E-state index is 13.3. The summed E-state index contributed by atoms with van der Waals surface area (Å²) in [5, 5.41) is 3.51. The van der Waals surface area contributed by atoms with Gasteiger partial charge < -0.3 is 5.32 Å². The van der Waals surface area contributed by atoms with Crippen molar-refractivity contribution in [2.75, 3.05) is 0 Å². The summed E-state index contributed by atoms with van der Waals surface area (Å²) >= 11 is 5.64. The number of hydrogen-bond donors (Lipinski definition) is 1. The fourth-order valence-corrected chi connectivity index (χ4v) is 1.90. The fourth-order valence-electron chi connectivity index (χ4n) is 1.78. The molecule has 18 heavy (non-hydrogen) atoms. The average Bonchev–Trinajstić information content (AvgIpc) is 2.41. The van der Waals surface area contributed by atoms with Crippen molar-refractivity contribution in [2.24, 2.45) is 0 Å². The fraction of sp³-hybridized carbons (Fsp3) is 0.200. The molecule has 0 aliphatic rings. The third-order valence-electron chi connectivity index (χ3n) is 2.90. The maximum Gasteiger partial charge on any atom is 0.142 e. The summed E-state index contributed by atoms with van der Waals surface area (Å²) < 4.78 is 13.3. The highest BCUT2D eigenvalue weighted by Crippen LogP contribution is 2.17. The number of nitrogens with one attached hydrogen (secondary N) is 1. The van der Waals surface area contributed by atoms with Gasteiger partial charge in [-0.25, -0.2) is 4.39 Å². The number of benzene rings is 2. The van der Waals surface area contributed by atoms with Crippen LogP contribution in [0.3, 0.4) is 0 Å². The van der Waals surface area contributed by atoms with Crippen molar-refractivity contribution in [3.63, 3.8) is 0 Å². The molecule has 0 heterocycles. The first kappa shape index (κ1) is 13.1. The normalized spacial score (nSPS) is 12.4. The van der Waals surface area contributed by atoms with Gasteiger partial charge in [0.05, 0.1) is 5.02 Å². The second-order valence-electron chi connectivity index (χ2n) is 4.26. The quantitative estimate of drug-likeness (QED) is 0.866. The van der Waals surface area contributed by atoms with Crippen LogP contribution in [0.2, 0.25) is 5.02 Å². The summed E-state index contributed by atoms with van der Waals surface area (Å²) in [5.41, 5.74) is 2.10. The molecular weight excluding hydrogens is 249 g/mol. The number of hydrogen-bond acceptors (Lipinski definition) is 1. The van der Waals surface area contributed by atoms with Crippen molar-refractivity contribution in [1.82, 2.24) is 5.32 Å². The standard InChI is InChI=1S/C15H15ClFN/c1-11(13-5-3-2-4-6-13)18-10-12-7-8-14(16)15(17)9-12/h2-9,11,18H,10H2,1H3/t11-/m0/s1. The monoisotopic (exact) mass is 263 g/mol. The number of halogens is 2. The molecule has 0 aliphatic heterocycles. The predicted molar refractivity (Wildman–Crippen MR) is 73.1 cm³/mol. The second kappa shape index (κ2) is 5.98. The summed E-state index contributed by atoms with van der Waals surface area (Å²) in [6.07, 6.45) is 0. The van der Waals surface area contributed by atoms with Gasteiger partial charge in [-0.05, 0) is 30.2 Å². The van der Waals surface area contributed by atoms with Gasteiger partial charge in [-0.15, -0.1) is 0 Å². The van der Waals surface area contributed by atoms with Crippen LogP contribution in [0.4, 0.5) is 4.39 Å². The number of rotatable bonds is 4. The molecule has 0 aromatic heterocycles. The minimum absolute atomic E-state index is 0.162. The molecule has 2 aromatic carbocycles. The van der Waals surface area contributed by atoms with Crippen molar-refractivity contribution >= 4 is 11.6 Å². The first-order valence-corrected chi connectivity index (χ1v) is 6.27. The van der Waals surface area contributed by atoms with Crippen molar-refractivity contribution in [3.8, 4) is 0 Å². The Balaban J connectivity index is 1.97. The first-order chi connectivity index (χ1) is 8.66. The van der Waals surface area contributed by atoms with Gasteiger partial charge in [0.1, 0.15) is 5.82 Å². The smallest absolute Gasteiger partial charge is 0.142 e. The van der Waals surface area contributed by atoms with E-state index >= 15 is 0 Å². The first-order valence-electron chi connectivity index (χ1n) is 5.89. The molecule has 0 radical (unpaired) electrons. The molecule has 3 heteroatoms. The van der Waals surface area contributed by atoms with Gasteiger partial charge in [0, 0.05) is 12.6 Å². The van der Waals surface area contributed by atoms with Gasteiger partial charge in [0.2, 0.25) is 0 Å². The highest BCUT2D eigenvalue weighted by atomic mass is 35.5. The van der Waals surface area contributed by atoms with Crippen LogP contribution in [0.25, 0.3) is 0 Å². The van der Waals surface area contributed by atoms with Crippen LogP contribution in [-0.4, -0.2) is 0 Å². The van der Waals surface area contributed by atoms with E-state index in [1.807, 2.05) is 24.3 Å². The lowest BCUT2D eigenvalue weighted by atomic mass is 10.1. The lowest BCUT2D eigenvalue weighted by molar-refractivity contribution is 0.569. The van der Waals surface area contributed by atoms with E-state index in [1.54, 1.807) is 6.07 Å². The third-order valence-corrected chi connectivity index (χ3v) is 3.20. The molecule has 0 bridgehead atoms. The van der Waals surface area contributed by atoms with Gasteiger partial charge in [0.15, 0.2) is 0 Å². The Labute approximate surface area is 112 Å². The molecule has 0 saturated carbocycles. The van der Waals surface area contributed by atoms with Gasteiger partial charge in [-0.2, -0.15) is 0 Å². The molecule has 1 nitrogen and oxygen atoms in total. The highest BCUT2D eigenvalue weighted by Gasteiger charge is 2.05. The Hall–Kier alpha value is -1.38. The van der Waals surface area contributed by atoms with Gasteiger partial charge >= 0.3 is 0 Å². The van der Waals surface area contributed by atoms with E-state index in [4.69, 9.17) is 11.6 Å². The van der Waals surface area contributed by atoms with Crippen LogP contribution >= 0.6 is 11.6 Å². The molecule has 0 unspecified atom stereocenters. The molecule has 2 rings (SSSR count). The lowest BCUT2D eigenvalue weighted by Crippen LogP contribution is -2.18. The van der Waals surface area contributed by atoms with Crippen molar-refractivity contribution in [2.45, 2.75) is 19.5 Å². The van der Waals surface area contributed by atoms with E-state index in [0.717, 1.165) is 5.56 Å². The SMILES string of the molecule is C[C@H](NCc1ccc(Cl)c(F)c1)c1ccccc1. The van der Waals surface area contributed by atoms with Crippen LogP contribution in [0.5, 0.6) is 0 Å². The van der Waals surface area contributed by atoms with E-state index in [9.17, 15) is 4.39 Å². The maximum atomic E-state index is 13.3. The molecule has 1 atom stereocenters. The van der Waals surface area contributed by atoms with Gasteiger partial charge in [0.25, 0.3) is 0 Å². The van der Waals surface area contributed by atoms with Crippen molar-refractivity contribution in [3.05, 3.63) is 70.5 Å². The zero-order valence-electron chi connectivity index (χ0n) is 10.2. The highest BCUT2D eigenvalue weighted by molar-refractivity contribution is 6.30. The summed E-state index contributed by atoms with van der Waals surface area (Å²) in [4.78, 5) is 0. The van der Waals surface area contributed by atoms with Gasteiger partial charge in [-0.1, -0.05) is 48.0 Å². The summed E-state index contributed by atoms with van der Waals surface area (Å²) in [6, 6.07) is 15.3. The largest absolute Gasteiger partial charge is 0.306 e. The lowest BCUT2D eigenvalue weighted by Gasteiger charge is -2.14. The molecule has 0 aliphatic carbocycles. The van der Waals surface area contributed by atoms with Crippen LogP contribution in [0, 0.1) is 5.82 Å². The topological polar surface area (TPSA) is 12.0 Å². The average molecular weight is 264 g/mol.